The maximum atomic E-state index is 6.22. The van der Waals surface area contributed by atoms with Crippen molar-refractivity contribution in [1.82, 2.24) is 9.80 Å². The second kappa shape index (κ2) is 6.14. The number of nitrogens with two attached hydrogens (primary N) is 1. The Morgan fingerprint density at radius 2 is 2.12 bits per heavy atom. The van der Waals surface area contributed by atoms with E-state index in [0.29, 0.717) is 18.2 Å². The second-order valence-corrected chi connectivity index (χ2v) is 5.71. The Labute approximate surface area is 105 Å². The third-order valence-corrected chi connectivity index (χ3v) is 4.18. The number of likely N-dealkylation sites (N-methyl/N-ethyl adjacent to an activating group) is 2. The zero-order valence-electron chi connectivity index (χ0n) is 11.3. The molecule has 0 aromatic carbocycles. The number of nitrogens with zero attached hydrogens (tertiary/aromatic N) is 2. The van der Waals surface area contributed by atoms with Crippen molar-refractivity contribution in [3.05, 3.63) is 0 Å². The molecule has 2 fully saturated rings. The number of hydrogen-bond acceptors (Lipinski definition) is 4. The Bertz CT molecular complexity index is 237. The Balaban J connectivity index is 1.80. The van der Waals surface area contributed by atoms with Crippen LogP contribution < -0.4 is 5.73 Å². The van der Waals surface area contributed by atoms with Gasteiger partial charge in [0.2, 0.25) is 0 Å². The van der Waals surface area contributed by atoms with Crippen LogP contribution in [0.3, 0.4) is 0 Å². The molecule has 1 aliphatic carbocycles. The first kappa shape index (κ1) is 13.3. The molecule has 2 aliphatic rings. The van der Waals surface area contributed by atoms with E-state index >= 15 is 0 Å². The smallest absolute Gasteiger partial charge is 0.0829 e. The third kappa shape index (κ3) is 3.65. The lowest BCUT2D eigenvalue weighted by Gasteiger charge is -2.39. The predicted molar refractivity (Wildman–Crippen MR) is 70.1 cm³/mol. The molecule has 100 valence electrons. The fraction of sp³-hybridized carbons (Fsp3) is 1.00. The van der Waals surface area contributed by atoms with Gasteiger partial charge in [-0.1, -0.05) is 12.8 Å². The van der Waals surface area contributed by atoms with E-state index in [1.165, 1.54) is 25.7 Å². The fourth-order valence-corrected chi connectivity index (χ4v) is 3.12. The molecule has 4 nitrogen and oxygen atoms in total. The van der Waals surface area contributed by atoms with Crippen molar-refractivity contribution in [2.45, 2.75) is 43.9 Å². The Hall–Kier alpha value is -0.160. The topological polar surface area (TPSA) is 41.7 Å². The van der Waals surface area contributed by atoms with Crippen LogP contribution in [0, 0.1) is 0 Å². The van der Waals surface area contributed by atoms with Crippen molar-refractivity contribution in [2.75, 3.05) is 40.3 Å². The summed E-state index contributed by atoms with van der Waals surface area (Å²) in [4.78, 5) is 4.77. The molecule has 2 rings (SSSR count). The van der Waals surface area contributed by atoms with Gasteiger partial charge in [-0.15, -0.1) is 0 Å². The number of hydrogen-bond donors (Lipinski definition) is 1. The van der Waals surface area contributed by atoms with E-state index in [1.54, 1.807) is 0 Å². The lowest BCUT2D eigenvalue weighted by Crippen LogP contribution is -2.52. The molecule has 1 saturated carbocycles. The van der Waals surface area contributed by atoms with Crippen molar-refractivity contribution < 1.29 is 4.74 Å². The van der Waals surface area contributed by atoms with E-state index in [2.05, 4.69) is 23.9 Å². The van der Waals surface area contributed by atoms with Gasteiger partial charge in [0.1, 0.15) is 0 Å². The molecule has 4 heteroatoms. The summed E-state index contributed by atoms with van der Waals surface area (Å²) in [5.74, 6) is 0. The van der Waals surface area contributed by atoms with Gasteiger partial charge in [0.15, 0.2) is 0 Å². The van der Waals surface area contributed by atoms with Crippen molar-refractivity contribution in [3.63, 3.8) is 0 Å². The van der Waals surface area contributed by atoms with E-state index in [9.17, 15) is 0 Å². The van der Waals surface area contributed by atoms with Gasteiger partial charge in [-0.3, -0.25) is 4.90 Å². The van der Waals surface area contributed by atoms with Crippen LogP contribution in [0.4, 0.5) is 0 Å². The van der Waals surface area contributed by atoms with Crippen LogP contribution in [-0.4, -0.2) is 68.3 Å². The first-order chi connectivity index (χ1) is 8.16. The fourth-order valence-electron chi connectivity index (χ4n) is 3.12. The highest BCUT2D eigenvalue weighted by Gasteiger charge is 2.28. The van der Waals surface area contributed by atoms with Gasteiger partial charge in [-0.2, -0.15) is 0 Å². The molecule has 0 aromatic rings. The van der Waals surface area contributed by atoms with Crippen LogP contribution in [0.2, 0.25) is 0 Å². The van der Waals surface area contributed by atoms with Gasteiger partial charge in [-0.05, 0) is 26.9 Å². The monoisotopic (exact) mass is 241 g/mol. The Morgan fingerprint density at radius 1 is 1.35 bits per heavy atom. The Morgan fingerprint density at radius 3 is 2.82 bits per heavy atom. The maximum absolute atomic E-state index is 6.22. The van der Waals surface area contributed by atoms with Crippen LogP contribution >= 0.6 is 0 Å². The van der Waals surface area contributed by atoms with Crippen molar-refractivity contribution >= 4 is 0 Å². The molecule has 0 bridgehead atoms. The van der Waals surface area contributed by atoms with Crippen LogP contribution in [-0.2, 0) is 4.74 Å². The molecule has 1 heterocycles. The molecule has 17 heavy (non-hydrogen) atoms. The van der Waals surface area contributed by atoms with E-state index in [1.807, 2.05) is 0 Å². The van der Waals surface area contributed by atoms with Gasteiger partial charge < -0.3 is 15.4 Å². The molecule has 3 unspecified atom stereocenters. The Kier molecular flexibility index (Phi) is 4.79. The van der Waals surface area contributed by atoms with Gasteiger partial charge in [0.25, 0.3) is 0 Å². The lowest BCUT2D eigenvalue weighted by molar-refractivity contribution is -0.0402. The van der Waals surface area contributed by atoms with E-state index in [-0.39, 0.29) is 0 Å². The number of morpholine rings is 1. The first-order valence-electron chi connectivity index (χ1n) is 6.93. The largest absolute Gasteiger partial charge is 0.374 e. The zero-order chi connectivity index (χ0) is 12.3. The quantitative estimate of drug-likeness (QED) is 0.782. The van der Waals surface area contributed by atoms with Gasteiger partial charge >= 0.3 is 0 Å². The molecule has 0 spiro atoms. The van der Waals surface area contributed by atoms with Crippen LogP contribution in [0.1, 0.15) is 25.7 Å². The molecule has 0 aromatic heterocycles. The zero-order valence-corrected chi connectivity index (χ0v) is 11.3. The van der Waals surface area contributed by atoms with Crippen LogP contribution in [0.5, 0.6) is 0 Å². The van der Waals surface area contributed by atoms with E-state index in [0.717, 1.165) is 26.2 Å². The summed E-state index contributed by atoms with van der Waals surface area (Å²) in [6, 6.07) is 0.912. The van der Waals surface area contributed by atoms with Crippen molar-refractivity contribution in [1.29, 1.82) is 0 Å². The lowest BCUT2D eigenvalue weighted by atomic mass is 9.90. The standard InChI is InChI=1S/C13H27N3O/c1-15-7-8-17-11(9-15)10-16(2)13-6-4-3-5-12(13)14/h11-13H,3-10,14H2,1-2H3. The normalized spacial score (nSPS) is 36.4. The summed E-state index contributed by atoms with van der Waals surface area (Å²) in [7, 11) is 4.37. The predicted octanol–water partition coefficient (Wildman–Crippen LogP) is 0.519. The summed E-state index contributed by atoms with van der Waals surface area (Å²) >= 11 is 0. The molecule has 1 saturated heterocycles. The molecule has 0 amide bonds. The summed E-state index contributed by atoms with van der Waals surface area (Å²) < 4.78 is 5.82. The van der Waals surface area contributed by atoms with Gasteiger partial charge in [0.05, 0.1) is 12.7 Å². The average Bonchev–Trinajstić information content (AvgIpc) is 2.29. The summed E-state index contributed by atoms with van der Waals surface area (Å²) in [6.45, 7) is 3.99. The van der Waals surface area contributed by atoms with E-state index < -0.39 is 0 Å². The summed E-state index contributed by atoms with van der Waals surface area (Å²) in [5.41, 5.74) is 6.22. The average molecular weight is 241 g/mol. The van der Waals surface area contributed by atoms with Gasteiger partial charge in [0, 0.05) is 31.7 Å². The molecular formula is C13H27N3O. The van der Waals surface area contributed by atoms with Crippen molar-refractivity contribution in [2.24, 2.45) is 5.73 Å². The SMILES string of the molecule is CN1CCOC(CN(C)C2CCCCC2N)C1. The maximum Gasteiger partial charge on any atom is 0.0829 e. The third-order valence-electron chi connectivity index (χ3n) is 4.18. The minimum Gasteiger partial charge on any atom is -0.374 e. The minimum atomic E-state index is 0.355. The number of ether oxygens (including phenoxy) is 1. The molecule has 2 N–H and O–H groups in total. The molecule has 3 atom stereocenters. The second-order valence-electron chi connectivity index (χ2n) is 5.71. The highest BCUT2D eigenvalue weighted by molar-refractivity contribution is 4.86. The van der Waals surface area contributed by atoms with Crippen LogP contribution in [0.25, 0.3) is 0 Å². The highest BCUT2D eigenvalue weighted by atomic mass is 16.5. The molecule has 0 radical (unpaired) electrons. The summed E-state index contributed by atoms with van der Waals surface area (Å²) in [6.07, 6.45) is 5.41. The molecule has 1 aliphatic heterocycles. The molecular weight excluding hydrogens is 214 g/mol. The van der Waals surface area contributed by atoms with Crippen LogP contribution in [0.15, 0.2) is 0 Å². The van der Waals surface area contributed by atoms with E-state index in [4.69, 9.17) is 10.5 Å². The van der Waals surface area contributed by atoms with Gasteiger partial charge in [-0.25, -0.2) is 0 Å². The van der Waals surface area contributed by atoms with Crippen molar-refractivity contribution in [3.8, 4) is 0 Å². The highest BCUT2D eigenvalue weighted by Crippen LogP contribution is 2.21. The summed E-state index contributed by atoms with van der Waals surface area (Å²) in [5, 5.41) is 0. The first-order valence-corrected chi connectivity index (χ1v) is 6.93. The number of rotatable bonds is 3. The minimum absolute atomic E-state index is 0.355.